The van der Waals surface area contributed by atoms with Crippen LogP contribution in [0.3, 0.4) is 0 Å². The second-order valence-electron chi connectivity index (χ2n) is 6.14. The predicted octanol–water partition coefficient (Wildman–Crippen LogP) is 2.08. The average molecular weight is 344 g/mol. The lowest BCUT2D eigenvalue weighted by Crippen LogP contribution is -2.35. The normalized spacial score (nSPS) is 17.5. The van der Waals surface area contributed by atoms with E-state index in [1.165, 1.54) is 11.3 Å². The number of carbonyl (C=O) groups excluding carboxylic acids is 2. The maximum absolute atomic E-state index is 12.3. The number of aromatic nitrogens is 2. The van der Waals surface area contributed by atoms with Gasteiger partial charge in [-0.1, -0.05) is 0 Å². The first-order valence-electron chi connectivity index (χ1n) is 7.96. The monoisotopic (exact) mass is 344 g/mol. The van der Waals surface area contributed by atoms with E-state index in [1.54, 1.807) is 17.3 Å². The Morgan fingerprint density at radius 3 is 3.00 bits per heavy atom. The minimum atomic E-state index is -0.267. The summed E-state index contributed by atoms with van der Waals surface area (Å²) >= 11 is 1.53. The van der Waals surface area contributed by atoms with Crippen LogP contribution in [0, 0.1) is 5.92 Å². The number of pyridine rings is 1. The van der Waals surface area contributed by atoms with Gasteiger partial charge in [0.25, 0.3) is 0 Å². The summed E-state index contributed by atoms with van der Waals surface area (Å²) in [7, 11) is 0. The van der Waals surface area contributed by atoms with Gasteiger partial charge in [0.1, 0.15) is 5.01 Å². The van der Waals surface area contributed by atoms with Gasteiger partial charge < -0.3 is 10.2 Å². The lowest BCUT2D eigenvalue weighted by molar-refractivity contribution is -0.130. The Hall–Kier alpha value is -2.28. The van der Waals surface area contributed by atoms with Gasteiger partial charge >= 0.3 is 0 Å². The summed E-state index contributed by atoms with van der Waals surface area (Å²) in [5.74, 6) is -0.295. The molecule has 3 heterocycles. The van der Waals surface area contributed by atoms with E-state index in [4.69, 9.17) is 0 Å². The summed E-state index contributed by atoms with van der Waals surface area (Å²) < 4.78 is 0. The summed E-state index contributed by atoms with van der Waals surface area (Å²) in [5.41, 5.74) is 1.78. The maximum atomic E-state index is 12.3. The molecular weight excluding hydrogens is 324 g/mol. The molecule has 1 N–H and O–H groups in total. The molecule has 24 heavy (non-hydrogen) atoms. The lowest BCUT2D eigenvalue weighted by atomic mass is 10.1. The Labute approximate surface area is 144 Å². The van der Waals surface area contributed by atoms with Crippen molar-refractivity contribution < 1.29 is 9.59 Å². The highest BCUT2D eigenvalue weighted by molar-refractivity contribution is 7.13. The molecule has 2 aromatic heterocycles. The van der Waals surface area contributed by atoms with E-state index in [-0.39, 0.29) is 23.8 Å². The number of likely N-dealkylation sites (tertiary alicyclic amines) is 1. The van der Waals surface area contributed by atoms with E-state index >= 15 is 0 Å². The van der Waals surface area contributed by atoms with Crippen molar-refractivity contribution in [3.05, 3.63) is 35.6 Å². The Morgan fingerprint density at radius 1 is 1.50 bits per heavy atom. The van der Waals surface area contributed by atoms with Crippen LogP contribution in [-0.4, -0.2) is 39.3 Å². The highest BCUT2D eigenvalue weighted by Gasteiger charge is 2.35. The molecule has 1 aliphatic heterocycles. The lowest BCUT2D eigenvalue weighted by Gasteiger charge is -2.20. The molecule has 0 aliphatic carbocycles. The van der Waals surface area contributed by atoms with Crippen LogP contribution in [0.4, 0.5) is 0 Å². The summed E-state index contributed by atoms with van der Waals surface area (Å²) in [5, 5.41) is 5.71. The van der Waals surface area contributed by atoms with Gasteiger partial charge in [0.15, 0.2) is 0 Å². The third kappa shape index (κ3) is 3.62. The first-order valence-corrected chi connectivity index (χ1v) is 8.84. The number of nitrogens with zero attached hydrogens (tertiary/aromatic N) is 3. The first kappa shape index (κ1) is 16.6. The largest absolute Gasteiger partial charge is 0.350 e. The molecule has 7 heteroatoms. The fourth-order valence-corrected chi connectivity index (χ4v) is 3.55. The number of thiazole rings is 1. The van der Waals surface area contributed by atoms with Crippen LogP contribution in [0.25, 0.3) is 10.6 Å². The van der Waals surface area contributed by atoms with Gasteiger partial charge in [0.05, 0.1) is 18.2 Å². The molecule has 1 atom stereocenters. The van der Waals surface area contributed by atoms with E-state index in [9.17, 15) is 9.59 Å². The Bertz CT molecular complexity index is 729. The van der Waals surface area contributed by atoms with Crippen molar-refractivity contribution in [1.82, 2.24) is 20.2 Å². The molecule has 0 aromatic carbocycles. The molecule has 2 aromatic rings. The molecule has 2 amide bonds. The predicted molar refractivity (Wildman–Crippen MR) is 92.1 cm³/mol. The Morgan fingerprint density at radius 2 is 2.33 bits per heavy atom. The zero-order valence-electron chi connectivity index (χ0n) is 13.7. The van der Waals surface area contributed by atoms with Crippen LogP contribution in [0.2, 0.25) is 0 Å². The Balaban J connectivity index is 1.56. The van der Waals surface area contributed by atoms with Crippen molar-refractivity contribution in [1.29, 1.82) is 0 Å². The van der Waals surface area contributed by atoms with Crippen molar-refractivity contribution >= 4 is 23.2 Å². The van der Waals surface area contributed by atoms with Crippen LogP contribution >= 0.6 is 11.3 Å². The fraction of sp³-hybridized carbons (Fsp3) is 0.412. The van der Waals surface area contributed by atoms with Gasteiger partial charge in [-0.2, -0.15) is 0 Å². The van der Waals surface area contributed by atoms with Gasteiger partial charge in [0.2, 0.25) is 11.8 Å². The molecule has 1 aliphatic rings. The fourth-order valence-electron chi connectivity index (χ4n) is 2.74. The summed E-state index contributed by atoms with van der Waals surface area (Å²) in [6, 6.07) is 3.96. The molecule has 1 unspecified atom stereocenters. The van der Waals surface area contributed by atoms with E-state index < -0.39 is 0 Å². The van der Waals surface area contributed by atoms with E-state index in [0.717, 1.165) is 16.3 Å². The summed E-state index contributed by atoms with van der Waals surface area (Å²) in [4.78, 5) is 34.5. The molecule has 6 nitrogen and oxygen atoms in total. The summed E-state index contributed by atoms with van der Waals surface area (Å²) in [6.07, 6.45) is 3.79. The molecule has 0 spiro atoms. The maximum Gasteiger partial charge on any atom is 0.225 e. The second kappa shape index (κ2) is 7.09. The molecule has 126 valence electrons. The minimum absolute atomic E-state index is 0.0534. The molecule has 1 fully saturated rings. The topological polar surface area (TPSA) is 75.2 Å². The van der Waals surface area contributed by atoms with E-state index in [0.29, 0.717) is 19.5 Å². The van der Waals surface area contributed by atoms with Crippen LogP contribution in [0.5, 0.6) is 0 Å². The highest BCUT2D eigenvalue weighted by Crippen LogP contribution is 2.23. The number of carbonyl (C=O) groups is 2. The number of nitrogens with one attached hydrogen (secondary N) is 1. The summed E-state index contributed by atoms with van der Waals surface area (Å²) in [6.45, 7) is 4.81. The highest BCUT2D eigenvalue weighted by atomic mass is 32.1. The zero-order valence-corrected chi connectivity index (χ0v) is 14.5. The van der Waals surface area contributed by atoms with Crippen molar-refractivity contribution in [2.24, 2.45) is 5.92 Å². The van der Waals surface area contributed by atoms with Gasteiger partial charge in [-0.05, 0) is 26.0 Å². The molecule has 0 bridgehead atoms. The van der Waals surface area contributed by atoms with Gasteiger partial charge in [0, 0.05) is 42.3 Å². The van der Waals surface area contributed by atoms with Crippen molar-refractivity contribution in [3.8, 4) is 10.6 Å². The molecular formula is C17H20N4O2S. The molecule has 0 saturated carbocycles. The second-order valence-corrected chi connectivity index (χ2v) is 7.00. The van der Waals surface area contributed by atoms with Crippen LogP contribution in [-0.2, 0) is 16.1 Å². The molecule has 3 rings (SSSR count). The number of hydrogen-bond acceptors (Lipinski definition) is 5. The van der Waals surface area contributed by atoms with Gasteiger partial charge in [-0.3, -0.25) is 14.6 Å². The third-order valence-electron chi connectivity index (χ3n) is 4.06. The zero-order chi connectivity index (χ0) is 17.1. The molecule has 0 radical (unpaired) electrons. The van der Waals surface area contributed by atoms with Crippen LogP contribution in [0.15, 0.2) is 29.9 Å². The Kier molecular flexibility index (Phi) is 4.89. The number of rotatable bonds is 5. The number of amides is 2. The van der Waals surface area contributed by atoms with Gasteiger partial charge in [-0.15, -0.1) is 11.3 Å². The van der Waals surface area contributed by atoms with E-state index in [2.05, 4.69) is 15.3 Å². The van der Waals surface area contributed by atoms with Crippen LogP contribution in [0.1, 0.15) is 26.0 Å². The minimum Gasteiger partial charge on any atom is -0.350 e. The quantitative estimate of drug-likeness (QED) is 0.901. The smallest absolute Gasteiger partial charge is 0.225 e. The van der Waals surface area contributed by atoms with Crippen LogP contribution < -0.4 is 5.32 Å². The van der Waals surface area contributed by atoms with Gasteiger partial charge in [-0.25, -0.2) is 4.98 Å². The standard InChI is InChI=1S/C17H20N4O2S/c1-11(2)21-9-13(6-15(21)22)16(23)19-8-14-10-24-17(20-14)12-4-3-5-18-7-12/h3-5,7,10-11,13H,6,8-9H2,1-2H3,(H,19,23). The SMILES string of the molecule is CC(C)N1CC(C(=O)NCc2csc(-c3cccnc3)n2)CC1=O. The average Bonchev–Trinajstić information content (AvgIpc) is 3.20. The van der Waals surface area contributed by atoms with Crippen molar-refractivity contribution in [3.63, 3.8) is 0 Å². The third-order valence-corrected chi connectivity index (χ3v) is 5.00. The van der Waals surface area contributed by atoms with E-state index in [1.807, 2.05) is 31.4 Å². The van der Waals surface area contributed by atoms with Crippen molar-refractivity contribution in [2.75, 3.05) is 6.54 Å². The number of hydrogen-bond donors (Lipinski definition) is 1. The first-order chi connectivity index (χ1) is 11.5. The molecule has 1 saturated heterocycles. The van der Waals surface area contributed by atoms with Crippen molar-refractivity contribution in [2.45, 2.75) is 32.9 Å².